The molecule has 186 valence electrons. The minimum atomic E-state index is -5.42. The largest absolute Gasteiger partial charge is 0.421 e. The molecule has 2 aliphatic rings. The number of carbonyl (C=O) groups excluding carboxylic acids is 3. The van der Waals surface area contributed by atoms with Crippen LogP contribution in [0.2, 0.25) is 0 Å². The van der Waals surface area contributed by atoms with Crippen LogP contribution in [0.25, 0.3) is 0 Å². The molecule has 2 amide bonds. The lowest BCUT2D eigenvalue weighted by Crippen LogP contribution is -2.66. The zero-order chi connectivity index (χ0) is 25.7. The number of hydrogen-bond donors (Lipinski definition) is 2. The predicted molar refractivity (Wildman–Crippen MR) is 117 cm³/mol. The van der Waals surface area contributed by atoms with Crippen molar-refractivity contribution in [1.82, 2.24) is 9.62 Å². The summed E-state index contributed by atoms with van der Waals surface area (Å²) in [5.41, 5.74) is -5.12. The topological polar surface area (TPSA) is 113 Å². The lowest BCUT2D eigenvalue weighted by Gasteiger charge is -2.35. The van der Waals surface area contributed by atoms with Crippen molar-refractivity contribution in [2.75, 3.05) is 11.9 Å². The van der Waals surface area contributed by atoms with Gasteiger partial charge in [-0.15, -0.1) is 0 Å². The Morgan fingerprint density at radius 2 is 1.71 bits per heavy atom. The lowest BCUT2D eigenvalue weighted by atomic mass is 9.72. The fourth-order valence-corrected chi connectivity index (χ4v) is 5.75. The molecule has 3 rings (SSSR count). The first kappa shape index (κ1) is 25.9. The van der Waals surface area contributed by atoms with Crippen molar-refractivity contribution in [2.24, 2.45) is 5.41 Å². The van der Waals surface area contributed by atoms with Crippen LogP contribution in [-0.2, 0) is 24.4 Å². The molecule has 1 atom stereocenters. The first-order valence-corrected chi connectivity index (χ1v) is 12.1. The molecule has 0 spiro atoms. The number of amides is 2. The van der Waals surface area contributed by atoms with Gasteiger partial charge in [0.2, 0.25) is 21.5 Å². The third-order valence-electron chi connectivity index (χ3n) is 5.76. The van der Waals surface area contributed by atoms with Gasteiger partial charge in [-0.1, -0.05) is 20.8 Å². The summed E-state index contributed by atoms with van der Waals surface area (Å²) in [5.74, 6) is -2.87. The van der Waals surface area contributed by atoms with Crippen molar-refractivity contribution in [3.05, 3.63) is 35.5 Å². The van der Waals surface area contributed by atoms with Crippen molar-refractivity contribution < 1.29 is 36.0 Å². The lowest BCUT2D eigenvalue weighted by molar-refractivity contribution is -0.188. The molecule has 1 aliphatic carbocycles. The molecule has 0 fully saturated rings. The second-order valence-electron chi connectivity index (χ2n) is 9.28. The summed E-state index contributed by atoms with van der Waals surface area (Å²) in [4.78, 5) is 37.8. The quantitative estimate of drug-likeness (QED) is 0.622. The number of nitrogens with one attached hydrogen (secondary N) is 2. The summed E-state index contributed by atoms with van der Waals surface area (Å²) in [6, 6.07) is 4.41. The van der Waals surface area contributed by atoms with Gasteiger partial charge in [-0.05, 0) is 42.5 Å². The molecule has 1 aromatic rings. The molecule has 0 radical (unpaired) electrons. The molecule has 1 aromatic carbocycles. The van der Waals surface area contributed by atoms with E-state index in [0.29, 0.717) is 6.42 Å². The number of ketones is 1. The molecule has 0 saturated heterocycles. The average Bonchev–Trinajstić information content (AvgIpc) is 2.90. The number of benzene rings is 1. The minimum absolute atomic E-state index is 0.0186. The van der Waals surface area contributed by atoms with Gasteiger partial charge in [-0.2, -0.15) is 17.9 Å². The number of nitrogens with zero attached hydrogens (tertiary/aromatic N) is 1. The maximum atomic E-state index is 14.7. The Balaban J connectivity index is 2.16. The van der Waals surface area contributed by atoms with E-state index in [-0.39, 0.29) is 30.8 Å². The van der Waals surface area contributed by atoms with Crippen molar-refractivity contribution in [3.63, 3.8) is 0 Å². The van der Waals surface area contributed by atoms with Gasteiger partial charge in [0.15, 0.2) is 5.78 Å². The molecular weight excluding hydrogens is 475 g/mol. The van der Waals surface area contributed by atoms with Gasteiger partial charge >= 0.3 is 6.18 Å². The SMILES string of the molecule is CCCN1C(=O)[C@](NS(=O)(=O)c2ccc(NC(C)=O)cc2)(C(F)(F)F)C2=C1CC(C)(C)CC2=O. The number of halogens is 3. The molecule has 0 bridgehead atoms. The predicted octanol–water partition coefficient (Wildman–Crippen LogP) is 3.12. The van der Waals surface area contributed by atoms with Crippen LogP contribution >= 0.6 is 0 Å². The average molecular weight is 502 g/mol. The van der Waals surface area contributed by atoms with Gasteiger partial charge in [-0.3, -0.25) is 14.4 Å². The molecule has 1 heterocycles. The highest BCUT2D eigenvalue weighted by Gasteiger charge is 2.72. The second-order valence-corrected chi connectivity index (χ2v) is 11.0. The van der Waals surface area contributed by atoms with Crippen LogP contribution in [-0.4, -0.2) is 49.2 Å². The highest BCUT2D eigenvalue weighted by molar-refractivity contribution is 7.89. The van der Waals surface area contributed by atoms with Gasteiger partial charge in [0, 0.05) is 31.3 Å². The van der Waals surface area contributed by atoms with E-state index in [0.717, 1.165) is 17.0 Å². The Kier molecular flexibility index (Phi) is 6.46. The van der Waals surface area contributed by atoms with E-state index >= 15 is 0 Å². The summed E-state index contributed by atoms with van der Waals surface area (Å²) in [6.45, 7) is 6.22. The number of Topliss-reactive ketones (excluding diaryl/α,β-unsaturated/α-hetero) is 1. The standard InChI is InChI=1S/C22H26F3N3O5S/c1-5-10-28-16-11-20(3,4)12-17(30)18(16)21(19(28)31,22(23,24)25)27-34(32,33)15-8-6-14(7-9-15)26-13(2)29/h6-9,27H,5,10-12H2,1-4H3,(H,26,29)/t21-/m0/s1. The fraction of sp³-hybridized carbons (Fsp3) is 0.500. The van der Waals surface area contributed by atoms with E-state index in [1.165, 1.54) is 19.1 Å². The number of rotatable bonds is 6. The summed E-state index contributed by atoms with van der Waals surface area (Å²) >= 11 is 0. The Bertz CT molecular complexity index is 1170. The van der Waals surface area contributed by atoms with Crippen LogP contribution in [0.1, 0.15) is 47.0 Å². The molecule has 8 nitrogen and oxygen atoms in total. The summed E-state index contributed by atoms with van der Waals surface area (Å²) in [6.07, 6.45) is -5.36. The number of anilines is 1. The monoisotopic (exact) mass is 501 g/mol. The molecular formula is C22H26F3N3O5S. The number of hydrogen-bond acceptors (Lipinski definition) is 5. The zero-order valence-corrected chi connectivity index (χ0v) is 20.0. The molecule has 34 heavy (non-hydrogen) atoms. The van der Waals surface area contributed by atoms with Gasteiger partial charge in [0.25, 0.3) is 5.91 Å². The van der Waals surface area contributed by atoms with Crippen molar-refractivity contribution in [2.45, 2.75) is 63.6 Å². The number of sulfonamides is 1. The van der Waals surface area contributed by atoms with Crippen LogP contribution in [0.5, 0.6) is 0 Å². The van der Waals surface area contributed by atoms with Crippen molar-refractivity contribution in [1.29, 1.82) is 0 Å². The molecule has 2 N–H and O–H groups in total. The fourth-order valence-electron chi connectivity index (χ4n) is 4.43. The van der Waals surface area contributed by atoms with E-state index in [9.17, 15) is 36.0 Å². The first-order valence-electron chi connectivity index (χ1n) is 10.6. The van der Waals surface area contributed by atoms with Crippen LogP contribution in [0.3, 0.4) is 0 Å². The smallest absolute Gasteiger partial charge is 0.326 e. The van der Waals surface area contributed by atoms with E-state index in [1.54, 1.807) is 25.5 Å². The van der Waals surface area contributed by atoms with E-state index in [2.05, 4.69) is 5.32 Å². The summed E-state index contributed by atoms with van der Waals surface area (Å²) < 4.78 is 71.7. The van der Waals surface area contributed by atoms with Crippen LogP contribution < -0.4 is 10.0 Å². The third kappa shape index (κ3) is 4.36. The van der Waals surface area contributed by atoms with Crippen LogP contribution in [0, 0.1) is 5.41 Å². The number of allylic oxidation sites excluding steroid dienone is 1. The van der Waals surface area contributed by atoms with Gasteiger partial charge < -0.3 is 10.2 Å². The Hall–Kier alpha value is -2.73. The van der Waals surface area contributed by atoms with Crippen LogP contribution in [0.15, 0.2) is 40.4 Å². The molecule has 0 aromatic heterocycles. The maximum absolute atomic E-state index is 14.7. The summed E-state index contributed by atoms with van der Waals surface area (Å²) in [5, 5.41) is 2.42. The van der Waals surface area contributed by atoms with E-state index in [4.69, 9.17) is 0 Å². The Morgan fingerprint density at radius 3 is 2.21 bits per heavy atom. The highest BCUT2D eigenvalue weighted by Crippen LogP contribution is 2.52. The molecule has 0 saturated carbocycles. The van der Waals surface area contributed by atoms with Crippen molar-refractivity contribution in [3.8, 4) is 0 Å². The minimum Gasteiger partial charge on any atom is -0.326 e. The van der Waals surface area contributed by atoms with E-state index < -0.39 is 55.2 Å². The number of carbonyl (C=O) groups is 3. The van der Waals surface area contributed by atoms with Crippen molar-refractivity contribution >= 4 is 33.3 Å². The zero-order valence-electron chi connectivity index (χ0n) is 19.2. The maximum Gasteiger partial charge on any atom is 0.421 e. The molecule has 0 unspecified atom stereocenters. The van der Waals surface area contributed by atoms with Gasteiger partial charge in [0.1, 0.15) is 0 Å². The van der Waals surface area contributed by atoms with E-state index in [1.807, 2.05) is 0 Å². The molecule has 12 heteroatoms. The van der Waals surface area contributed by atoms with Gasteiger partial charge in [0.05, 0.1) is 10.5 Å². The first-order chi connectivity index (χ1) is 15.6. The van der Waals surface area contributed by atoms with Crippen LogP contribution in [0.4, 0.5) is 18.9 Å². The Morgan fingerprint density at radius 1 is 1.12 bits per heavy atom. The summed E-state index contributed by atoms with van der Waals surface area (Å²) in [7, 11) is -4.92. The third-order valence-corrected chi connectivity index (χ3v) is 7.23. The Labute approximate surface area is 195 Å². The number of alkyl halides is 3. The normalized spacial score (nSPS) is 22.7. The van der Waals surface area contributed by atoms with Gasteiger partial charge in [-0.25, -0.2) is 8.42 Å². The highest BCUT2D eigenvalue weighted by atomic mass is 32.2. The molecule has 1 aliphatic heterocycles. The second kappa shape index (κ2) is 8.49.